The highest BCUT2D eigenvalue weighted by molar-refractivity contribution is 5.85. The van der Waals surface area contributed by atoms with Crippen LogP contribution in [-0.4, -0.2) is 18.1 Å². The van der Waals surface area contributed by atoms with Crippen LogP contribution >= 0.6 is 12.4 Å². The average Bonchev–Trinajstić information content (AvgIpc) is 2.20. The molecule has 1 rings (SSSR count). The van der Waals surface area contributed by atoms with E-state index >= 15 is 0 Å². The molecular formula is C12H17ClFNO2. The van der Waals surface area contributed by atoms with Crippen molar-refractivity contribution >= 4 is 18.4 Å². The Morgan fingerprint density at radius 1 is 1.35 bits per heavy atom. The maximum Gasteiger partial charge on any atom is 0.323 e. The maximum atomic E-state index is 12.6. The number of rotatable bonds is 4. The lowest BCUT2D eigenvalue weighted by molar-refractivity contribution is -0.148. The molecule has 0 aliphatic carbocycles. The lowest BCUT2D eigenvalue weighted by Gasteiger charge is -2.13. The van der Waals surface area contributed by atoms with E-state index in [0.29, 0.717) is 6.42 Å². The predicted octanol–water partition coefficient (Wildman–Crippen LogP) is 2.07. The van der Waals surface area contributed by atoms with Crippen molar-refractivity contribution in [2.75, 3.05) is 0 Å². The lowest BCUT2D eigenvalue weighted by atomic mass is 10.1. The zero-order valence-corrected chi connectivity index (χ0v) is 10.7. The summed E-state index contributed by atoms with van der Waals surface area (Å²) in [6, 6.07) is 5.20. The minimum absolute atomic E-state index is 0. The second-order valence-corrected chi connectivity index (χ2v) is 3.92. The van der Waals surface area contributed by atoms with Crippen molar-refractivity contribution in [2.45, 2.75) is 32.4 Å². The third-order valence-electron chi connectivity index (χ3n) is 2.02. The minimum Gasteiger partial charge on any atom is -0.462 e. The first-order valence-electron chi connectivity index (χ1n) is 5.19. The fraction of sp³-hybridized carbons (Fsp3) is 0.417. The number of hydrogen-bond donors (Lipinski definition) is 1. The van der Waals surface area contributed by atoms with Gasteiger partial charge in [0.25, 0.3) is 0 Å². The first-order chi connectivity index (χ1) is 7.49. The summed E-state index contributed by atoms with van der Waals surface area (Å²) in [5, 5.41) is 0. The highest BCUT2D eigenvalue weighted by Crippen LogP contribution is 2.06. The Morgan fingerprint density at radius 3 is 2.35 bits per heavy atom. The van der Waals surface area contributed by atoms with Gasteiger partial charge in [0.1, 0.15) is 11.9 Å². The summed E-state index contributed by atoms with van der Waals surface area (Å²) in [6.45, 7) is 3.53. The number of carbonyl (C=O) groups is 1. The van der Waals surface area contributed by atoms with Gasteiger partial charge in [0.05, 0.1) is 6.10 Å². The highest BCUT2D eigenvalue weighted by atomic mass is 35.5. The lowest BCUT2D eigenvalue weighted by Crippen LogP contribution is -2.35. The Hall–Kier alpha value is -1.13. The van der Waals surface area contributed by atoms with E-state index in [4.69, 9.17) is 10.5 Å². The van der Waals surface area contributed by atoms with Crippen molar-refractivity contribution in [3.63, 3.8) is 0 Å². The molecule has 0 unspecified atom stereocenters. The molecule has 1 aromatic rings. The topological polar surface area (TPSA) is 52.3 Å². The van der Waals surface area contributed by atoms with E-state index in [1.165, 1.54) is 12.1 Å². The molecule has 1 atom stereocenters. The molecule has 1 aromatic carbocycles. The molecule has 96 valence electrons. The van der Waals surface area contributed by atoms with Crippen molar-refractivity contribution in [3.05, 3.63) is 35.6 Å². The molecule has 0 bridgehead atoms. The summed E-state index contributed by atoms with van der Waals surface area (Å²) in [5.41, 5.74) is 6.48. The van der Waals surface area contributed by atoms with Crippen molar-refractivity contribution in [1.29, 1.82) is 0 Å². The zero-order valence-electron chi connectivity index (χ0n) is 9.85. The molecule has 0 aromatic heterocycles. The quantitative estimate of drug-likeness (QED) is 0.845. The molecule has 0 saturated heterocycles. The highest BCUT2D eigenvalue weighted by Gasteiger charge is 2.16. The third-order valence-corrected chi connectivity index (χ3v) is 2.02. The van der Waals surface area contributed by atoms with Crippen LogP contribution in [0.5, 0.6) is 0 Å². The van der Waals surface area contributed by atoms with Gasteiger partial charge in [0.2, 0.25) is 0 Å². The smallest absolute Gasteiger partial charge is 0.323 e. The molecule has 0 radical (unpaired) electrons. The van der Waals surface area contributed by atoms with Crippen LogP contribution in [0.25, 0.3) is 0 Å². The SMILES string of the molecule is CC(C)OC(=O)[C@@H](N)Cc1ccc(F)cc1.Cl. The Bertz CT molecular complexity index is 354. The van der Waals surface area contributed by atoms with E-state index in [1.54, 1.807) is 26.0 Å². The van der Waals surface area contributed by atoms with Gasteiger partial charge in [-0.1, -0.05) is 12.1 Å². The maximum absolute atomic E-state index is 12.6. The van der Waals surface area contributed by atoms with Gasteiger partial charge in [-0.2, -0.15) is 0 Å². The van der Waals surface area contributed by atoms with E-state index in [2.05, 4.69) is 0 Å². The molecule has 5 heteroatoms. The minimum atomic E-state index is -0.701. The zero-order chi connectivity index (χ0) is 12.1. The Kier molecular flexibility index (Phi) is 6.76. The number of nitrogens with two attached hydrogens (primary N) is 1. The van der Waals surface area contributed by atoms with Crippen LogP contribution in [0.15, 0.2) is 24.3 Å². The Labute approximate surface area is 107 Å². The summed E-state index contributed by atoms with van der Waals surface area (Å²) in [4.78, 5) is 11.4. The molecule has 0 heterocycles. The van der Waals surface area contributed by atoms with Gasteiger partial charge in [-0.15, -0.1) is 12.4 Å². The number of esters is 1. The third kappa shape index (κ3) is 5.65. The van der Waals surface area contributed by atoms with E-state index in [-0.39, 0.29) is 24.3 Å². The molecule has 3 nitrogen and oxygen atoms in total. The van der Waals surface area contributed by atoms with Crippen LogP contribution in [0.3, 0.4) is 0 Å². The summed E-state index contributed by atoms with van der Waals surface area (Å²) in [5.74, 6) is -0.735. The van der Waals surface area contributed by atoms with E-state index < -0.39 is 12.0 Å². The van der Waals surface area contributed by atoms with Gasteiger partial charge in [-0.25, -0.2) is 4.39 Å². The van der Waals surface area contributed by atoms with Gasteiger partial charge >= 0.3 is 5.97 Å². The number of benzene rings is 1. The van der Waals surface area contributed by atoms with Crippen LogP contribution in [0.2, 0.25) is 0 Å². The van der Waals surface area contributed by atoms with E-state index in [9.17, 15) is 9.18 Å². The monoisotopic (exact) mass is 261 g/mol. The summed E-state index contributed by atoms with van der Waals surface area (Å²) in [6.07, 6.45) is 0.179. The number of ether oxygens (including phenoxy) is 1. The number of halogens is 2. The summed E-state index contributed by atoms with van der Waals surface area (Å²) < 4.78 is 17.6. The van der Waals surface area contributed by atoms with Crippen LogP contribution in [-0.2, 0) is 16.0 Å². The first-order valence-corrected chi connectivity index (χ1v) is 5.19. The van der Waals surface area contributed by atoms with Gasteiger partial charge in [-0.05, 0) is 38.0 Å². The van der Waals surface area contributed by atoms with Gasteiger partial charge in [-0.3, -0.25) is 4.79 Å². The van der Waals surface area contributed by atoms with Gasteiger partial charge in [0, 0.05) is 0 Å². The van der Waals surface area contributed by atoms with Gasteiger partial charge in [0.15, 0.2) is 0 Å². The predicted molar refractivity (Wildman–Crippen MR) is 66.6 cm³/mol. The molecule has 0 amide bonds. The Morgan fingerprint density at radius 2 is 1.88 bits per heavy atom. The first kappa shape index (κ1) is 15.9. The standard InChI is InChI=1S/C12H16FNO2.ClH/c1-8(2)16-12(15)11(14)7-9-3-5-10(13)6-4-9;/h3-6,8,11H,7,14H2,1-2H3;1H/t11-;/m0./s1. The fourth-order valence-electron chi connectivity index (χ4n) is 1.28. The van der Waals surface area contributed by atoms with Crippen molar-refractivity contribution in [2.24, 2.45) is 5.73 Å². The molecule has 2 N–H and O–H groups in total. The second-order valence-electron chi connectivity index (χ2n) is 3.92. The second kappa shape index (κ2) is 7.25. The van der Waals surface area contributed by atoms with E-state index in [1.807, 2.05) is 0 Å². The van der Waals surface area contributed by atoms with Crippen LogP contribution < -0.4 is 5.73 Å². The molecule has 0 aliphatic heterocycles. The van der Waals surface area contributed by atoms with E-state index in [0.717, 1.165) is 5.56 Å². The van der Waals surface area contributed by atoms with Crippen LogP contribution in [0.4, 0.5) is 4.39 Å². The normalized spacial score (nSPS) is 11.8. The Balaban J connectivity index is 0.00000256. The van der Waals surface area contributed by atoms with Crippen molar-refractivity contribution < 1.29 is 13.9 Å². The molecular weight excluding hydrogens is 245 g/mol. The molecule has 0 fully saturated rings. The summed E-state index contributed by atoms with van der Waals surface area (Å²) >= 11 is 0. The number of hydrogen-bond acceptors (Lipinski definition) is 3. The molecule has 0 aliphatic rings. The molecule has 17 heavy (non-hydrogen) atoms. The van der Waals surface area contributed by atoms with Gasteiger partial charge < -0.3 is 10.5 Å². The summed E-state index contributed by atoms with van der Waals surface area (Å²) in [7, 11) is 0. The van der Waals surface area contributed by atoms with Crippen LogP contribution in [0.1, 0.15) is 19.4 Å². The van der Waals surface area contributed by atoms with Crippen molar-refractivity contribution in [3.8, 4) is 0 Å². The van der Waals surface area contributed by atoms with Crippen LogP contribution in [0, 0.1) is 5.82 Å². The average molecular weight is 262 g/mol. The number of carbonyl (C=O) groups excluding carboxylic acids is 1. The van der Waals surface area contributed by atoms with Crippen molar-refractivity contribution in [1.82, 2.24) is 0 Å². The molecule has 0 saturated carbocycles. The largest absolute Gasteiger partial charge is 0.462 e. The fourth-order valence-corrected chi connectivity index (χ4v) is 1.28. The molecule has 0 spiro atoms.